The summed E-state index contributed by atoms with van der Waals surface area (Å²) in [5, 5.41) is 13.8. The highest BCUT2D eigenvalue weighted by Crippen LogP contribution is 2.22. The van der Waals surface area contributed by atoms with Crippen LogP contribution in [0.4, 0.5) is 11.5 Å². The molecule has 0 aromatic carbocycles. The average molecular weight is 250 g/mol. The molecule has 6 nitrogen and oxygen atoms in total. The van der Waals surface area contributed by atoms with Gasteiger partial charge in [-0.3, -0.25) is 10.1 Å². The fraction of sp³-hybridized carbons (Fsp3) is 0.583. The minimum Gasteiger partial charge on any atom is -0.357 e. The first-order valence-corrected chi connectivity index (χ1v) is 6.20. The smallest absolute Gasteiger partial charge is 0.287 e. The summed E-state index contributed by atoms with van der Waals surface area (Å²) in [6.07, 6.45) is 3.61. The third-order valence-corrected chi connectivity index (χ3v) is 3.37. The van der Waals surface area contributed by atoms with Crippen molar-refractivity contribution in [3.63, 3.8) is 0 Å². The van der Waals surface area contributed by atoms with Gasteiger partial charge >= 0.3 is 0 Å². The number of hydrogen-bond donors (Lipinski definition) is 1. The molecule has 1 aromatic heterocycles. The van der Waals surface area contributed by atoms with Gasteiger partial charge in [-0.25, -0.2) is 4.98 Å². The Morgan fingerprint density at radius 1 is 1.50 bits per heavy atom. The van der Waals surface area contributed by atoms with Crippen LogP contribution in [0.15, 0.2) is 18.3 Å². The molecule has 0 atom stereocenters. The van der Waals surface area contributed by atoms with Gasteiger partial charge in [-0.1, -0.05) is 0 Å². The number of hydrogen-bond acceptors (Lipinski definition) is 5. The van der Waals surface area contributed by atoms with Crippen LogP contribution in [0.1, 0.15) is 12.8 Å². The Bertz CT molecular complexity index is 399. The van der Waals surface area contributed by atoms with Crippen molar-refractivity contribution < 1.29 is 4.92 Å². The number of aromatic nitrogens is 1. The molecule has 1 fully saturated rings. The van der Waals surface area contributed by atoms with Crippen LogP contribution in [0.5, 0.6) is 0 Å². The largest absolute Gasteiger partial charge is 0.357 e. The highest BCUT2D eigenvalue weighted by atomic mass is 16.6. The van der Waals surface area contributed by atoms with E-state index in [0.717, 1.165) is 44.2 Å². The van der Waals surface area contributed by atoms with Gasteiger partial charge in [0.1, 0.15) is 12.0 Å². The number of pyridine rings is 1. The standard InChI is InChI=1S/C12H18N4O2/c1-13-8-10-4-6-15(7-5-10)12-3-2-11(9-14-12)16(17)18/h2-3,9-10,13H,4-8H2,1H3. The second kappa shape index (κ2) is 5.77. The minimum absolute atomic E-state index is 0.0452. The van der Waals surface area contributed by atoms with Gasteiger partial charge in [-0.2, -0.15) is 0 Å². The van der Waals surface area contributed by atoms with Crippen LogP contribution in [0.2, 0.25) is 0 Å². The van der Waals surface area contributed by atoms with Crippen molar-refractivity contribution in [1.29, 1.82) is 0 Å². The molecule has 1 saturated heterocycles. The summed E-state index contributed by atoms with van der Waals surface area (Å²) in [6, 6.07) is 3.25. The first kappa shape index (κ1) is 12.8. The van der Waals surface area contributed by atoms with Gasteiger partial charge in [0.2, 0.25) is 0 Å². The molecule has 0 spiro atoms. The first-order valence-electron chi connectivity index (χ1n) is 6.20. The molecule has 0 amide bonds. The van der Waals surface area contributed by atoms with Crippen molar-refractivity contribution in [1.82, 2.24) is 10.3 Å². The van der Waals surface area contributed by atoms with E-state index < -0.39 is 4.92 Å². The number of nitrogens with zero attached hydrogens (tertiary/aromatic N) is 3. The van der Waals surface area contributed by atoms with E-state index in [1.807, 2.05) is 7.05 Å². The van der Waals surface area contributed by atoms with Crippen LogP contribution in [-0.2, 0) is 0 Å². The van der Waals surface area contributed by atoms with E-state index in [1.54, 1.807) is 6.07 Å². The minimum atomic E-state index is -0.421. The fourth-order valence-corrected chi connectivity index (χ4v) is 2.33. The van der Waals surface area contributed by atoms with E-state index in [4.69, 9.17) is 0 Å². The quantitative estimate of drug-likeness (QED) is 0.646. The third kappa shape index (κ3) is 2.95. The molecule has 18 heavy (non-hydrogen) atoms. The second-order valence-corrected chi connectivity index (χ2v) is 4.62. The Kier molecular flexibility index (Phi) is 4.09. The second-order valence-electron chi connectivity index (χ2n) is 4.62. The normalized spacial score (nSPS) is 16.8. The average Bonchev–Trinajstić information content (AvgIpc) is 2.40. The lowest BCUT2D eigenvalue weighted by atomic mass is 9.97. The predicted octanol–water partition coefficient (Wildman–Crippen LogP) is 1.43. The van der Waals surface area contributed by atoms with E-state index in [0.29, 0.717) is 0 Å². The molecule has 1 aliphatic rings. The van der Waals surface area contributed by atoms with Gasteiger partial charge in [-0.15, -0.1) is 0 Å². The van der Waals surface area contributed by atoms with Crippen LogP contribution in [0.3, 0.4) is 0 Å². The molecule has 0 saturated carbocycles. The summed E-state index contributed by atoms with van der Waals surface area (Å²) in [4.78, 5) is 16.5. The van der Waals surface area contributed by atoms with Crippen molar-refractivity contribution in [2.24, 2.45) is 5.92 Å². The van der Waals surface area contributed by atoms with Gasteiger partial charge in [0.25, 0.3) is 5.69 Å². The molecule has 2 heterocycles. The summed E-state index contributed by atoms with van der Waals surface area (Å²) in [7, 11) is 1.98. The van der Waals surface area contributed by atoms with E-state index in [1.165, 1.54) is 12.3 Å². The lowest BCUT2D eigenvalue weighted by molar-refractivity contribution is -0.385. The van der Waals surface area contributed by atoms with Gasteiger partial charge in [0.15, 0.2) is 0 Å². The van der Waals surface area contributed by atoms with Crippen molar-refractivity contribution in [3.05, 3.63) is 28.4 Å². The summed E-state index contributed by atoms with van der Waals surface area (Å²) >= 11 is 0. The number of rotatable bonds is 4. The third-order valence-electron chi connectivity index (χ3n) is 3.37. The van der Waals surface area contributed by atoms with Crippen LogP contribution in [0, 0.1) is 16.0 Å². The molecule has 6 heteroatoms. The zero-order valence-corrected chi connectivity index (χ0v) is 10.5. The number of nitro groups is 1. The van der Waals surface area contributed by atoms with Crippen LogP contribution in [-0.4, -0.2) is 36.6 Å². The molecule has 2 rings (SSSR count). The maximum absolute atomic E-state index is 10.5. The first-order chi connectivity index (χ1) is 8.70. The van der Waals surface area contributed by atoms with E-state index in [9.17, 15) is 10.1 Å². The number of anilines is 1. The Balaban J connectivity index is 1.95. The van der Waals surface area contributed by atoms with Gasteiger partial charge in [0, 0.05) is 19.2 Å². The van der Waals surface area contributed by atoms with E-state index in [2.05, 4.69) is 15.2 Å². The molecule has 0 radical (unpaired) electrons. The molecular formula is C12H18N4O2. The Morgan fingerprint density at radius 2 is 2.22 bits per heavy atom. The Labute approximate surface area is 106 Å². The summed E-state index contributed by atoms with van der Waals surface area (Å²) in [5.74, 6) is 1.56. The molecule has 98 valence electrons. The monoisotopic (exact) mass is 250 g/mol. The zero-order valence-electron chi connectivity index (χ0n) is 10.5. The van der Waals surface area contributed by atoms with Crippen molar-refractivity contribution >= 4 is 11.5 Å². The lowest BCUT2D eigenvalue weighted by Crippen LogP contribution is -2.37. The number of piperidine rings is 1. The molecule has 0 aliphatic carbocycles. The topological polar surface area (TPSA) is 71.3 Å². The summed E-state index contributed by atoms with van der Waals surface area (Å²) in [5.41, 5.74) is 0.0452. The zero-order chi connectivity index (χ0) is 13.0. The number of nitrogens with one attached hydrogen (secondary N) is 1. The van der Waals surface area contributed by atoms with Crippen molar-refractivity contribution in [3.8, 4) is 0 Å². The molecule has 1 aromatic rings. The van der Waals surface area contributed by atoms with E-state index in [-0.39, 0.29) is 5.69 Å². The molecule has 1 N–H and O–H groups in total. The van der Waals surface area contributed by atoms with Crippen LogP contribution in [0.25, 0.3) is 0 Å². The van der Waals surface area contributed by atoms with Gasteiger partial charge in [-0.05, 0) is 38.4 Å². The maximum atomic E-state index is 10.5. The van der Waals surface area contributed by atoms with E-state index >= 15 is 0 Å². The Hall–Kier alpha value is -1.69. The molecule has 0 unspecified atom stereocenters. The molecule has 0 bridgehead atoms. The highest BCUT2D eigenvalue weighted by Gasteiger charge is 2.19. The molecule has 1 aliphatic heterocycles. The fourth-order valence-electron chi connectivity index (χ4n) is 2.33. The van der Waals surface area contributed by atoms with Crippen molar-refractivity contribution in [2.75, 3.05) is 31.6 Å². The van der Waals surface area contributed by atoms with Gasteiger partial charge < -0.3 is 10.2 Å². The Morgan fingerprint density at radius 3 is 2.72 bits per heavy atom. The predicted molar refractivity (Wildman–Crippen MR) is 69.8 cm³/mol. The summed E-state index contributed by atoms with van der Waals surface area (Å²) in [6.45, 7) is 3.00. The molecular weight excluding hydrogens is 232 g/mol. The maximum Gasteiger partial charge on any atom is 0.287 e. The van der Waals surface area contributed by atoms with Crippen LogP contribution >= 0.6 is 0 Å². The SMILES string of the molecule is CNCC1CCN(c2ccc([N+](=O)[O-])cn2)CC1. The highest BCUT2D eigenvalue weighted by molar-refractivity contribution is 5.43. The van der Waals surface area contributed by atoms with Gasteiger partial charge in [0.05, 0.1) is 4.92 Å². The lowest BCUT2D eigenvalue weighted by Gasteiger charge is -2.32. The van der Waals surface area contributed by atoms with Crippen molar-refractivity contribution in [2.45, 2.75) is 12.8 Å². The van der Waals surface area contributed by atoms with Crippen LogP contribution < -0.4 is 10.2 Å². The summed E-state index contributed by atoms with van der Waals surface area (Å²) < 4.78 is 0.